The van der Waals surface area contributed by atoms with Gasteiger partial charge in [0.25, 0.3) is 0 Å². The van der Waals surface area contributed by atoms with Crippen molar-refractivity contribution in [2.24, 2.45) is 11.8 Å². The number of hydrogen-bond acceptors (Lipinski definition) is 2. The molecule has 0 amide bonds. The van der Waals surface area contributed by atoms with E-state index in [4.69, 9.17) is 4.74 Å². The van der Waals surface area contributed by atoms with Crippen LogP contribution in [0.15, 0.2) is 18.2 Å². The second-order valence-corrected chi connectivity index (χ2v) is 7.68. The van der Waals surface area contributed by atoms with Gasteiger partial charge in [-0.15, -0.1) is 0 Å². The number of unbranched alkanes of at least 4 members (excludes halogenated alkanes) is 4. The zero-order valence-electron chi connectivity index (χ0n) is 15.9. The summed E-state index contributed by atoms with van der Waals surface area (Å²) in [6.45, 7) is 2.25. The highest BCUT2D eigenvalue weighted by Crippen LogP contribution is 2.34. The molecule has 1 aliphatic carbocycles. The van der Waals surface area contributed by atoms with Crippen LogP contribution < -0.4 is 4.74 Å². The minimum atomic E-state index is -0.997. The van der Waals surface area contributed by atoms with Crippen molar-refractivity contribution in [1.29, 1.82) is 0 Å². The van der Waals surface area contributed by atoms with Gasteiger partial charge in [0.15, 0.2) is 11.6 Å². The highest BCUT2D eigenvalue weighted by molar-refractivity contribution is 5.72. The fourth-order valence-corrected chi connectivity index (χ4v) is 3.89. The van der Waals surface area contributed by atoms with Crippen LogP contribution in [-0.4, -0.2) is 5.97 Å². The van der Waals surface area contributed by atoms with Crippen LogP contribution in [0.1, 0.15) is 84.0 Å². The van der Waals surface area contributed by atoms with Crippen molar-refractivity contribution >= 4 is 5.97 Å². The van der Waals surface area contributed by atoms with E-state index in [-0.39, 0.29) is 11.7 Å². The molecule has 2 rings (SSSR count). The van der Waals surface area contributed by atoms with Crippen molar-refractivity contribution in [1.82, 2.24) is 0 Å². The van der Waals surface area contributed by atoms with Gasteiger partial charge in [-0.3, -0.25) is 4.79 Å². The molecule has 2 nitrogen and oxygen atoms in total. The number of carbonyl (C=O) groups excluding carboxylic acids is 1. The summed E-state index contributed by atoms with van der Waals surface area (Å²) in [5.41, 5.74) is 0. The molecule has 0 atom stereocenters. The van der Waals surface area contributed by atoms with E-state index in [9.17, 15) is 13.6 Å². The van der Waals surface area contributed by atoms with E-state index in [2.05, 4.69) is 6.92 Å². The van der Waals surface area contributed by atoms with Gasteiger partial charge in [0, 0.05) is 12.5 Å². The highest BCUT2D eigenvalue weighted by Gasteiger charge is 2.21. The maximum Gasteiger partial charge on any atom is 0.311 e. The number of hydrogen-bond donors (Lipinski definition) is 0. The predicted octanol–water partition coefficient (Wildman–Crippen LogP) is 6.82. The van der Waals surface area contributed by atoms with E-state index >= 15 is 0 Å². The molecule has 0 aromatic heterocycles. The first-order valence-electron chi connectivity index (χ1n) is 10.2. The molecule has 1 aliphatic rings. The Morgan fingerprint density at radius 2 is 1.62 bits per heavy atom. The quantitative estimate of drug-likeness (QED) is 0.258. The minimum Gasteiger partial charge on any atom is -0.426 e. The Bertz CT molecular complexity index is 551. The Hall–Kier alpha value is -1.45. The summed E-state index contributed by atoms with van der Waals surface area (Å²) in [7, 11) is 0. The molecule has 1 fully saturated rings. The molecule has 1 aromatic rings. The molecular weight excluding hydrogens is 334 g/mol. The van der Waals surface area contributed by atoms with Crippen molar-refractivity contribution in [3.8, 4) is 5.75 Å². The van der Waals surface area contributed by atoms with E-state index in [1.54, 1.807) is 0 Å². The van der Waals surface area contributed by atoms with Gasteiger partial charge in [0.2, 0.25) is 0 Å². The lowest BCUT2D eigenvalue weighted by molar-refractivity contribution is -0.134. The number of halogens is 2. The third-order valence-electron chi connectivity index (χ3n) is 5.56. The molecule has 0 bridgehead atoms. The van der Waals surface area contributed by atoms with Crippen molar-refractivity contribution in [3.05, 3.63) is 29.8 Å². The highest BCUT2D eigenvalue weighted by atomic mass is 19.2. The minimum absolute atomic E-state index is 0.0701. The van der Waals surface area contributed by atoms with Gasteiger partial charge in [0.05, 0.1) is 0 Å². The number of esters is 1. The van der Waals surface area contributed by atoms with E-state index in [0.29, 0.717) is 12.3 Å². The maximum absolute atomic E-state index is 13.1. The van der Waals surface area contributed by atoms with Crippen LogP contribution in [0.3, 0.4) is 0 Å². The molecule has 0 N–H and O–H groups in total. The zero-order valence-corrected chi connectivity index (χ0v) is 15.9. The summed E-state index contributed by atoms with van der Waals surface area (Å²) in [6, 6.07) is 3.17. The fraction of sp³-hybridized carbons (Fsp3) is 0.682. The van der Waals surface area contributed by atoms with Gasteiger partial charge < -0.3 is 4.74 Å². The zero-order chi connectivity index (χ0) is 18.8. The van der Waals surface area contributed by atoms with Crippen LogP contribution in [0.4, 0.5) is 8.78 Å². The van der Waals surface area contributed by atoms with Gasteiger partial charge in [-0.05, 0) is 30.4 Å². The monoisotopic (exact) mass is 366 g/mol. The van der Waals surface area contributed by atoms with Crippen LogP contribution in [0.2, 0.25) is 0 Å². The van der Waals surface area contributed by atoms with Crippen molar-refractivity contribution in [2.45, 2.75) is 84.0 Å². The molecule has 0 heterocycles. The van der Waals surface area contributed by atoms with Gasteiger partial charge in [-0.25, -0.2) is 8.78 Å². The predicted molar refractivity (Wildman–Crippen MR) is 100 cm³/mol. The van der Waals surface area contributed by atoms with Crippen molar-refractivity contribution in [3.63, 3.8) is 0 Å². The van der Waals surface area contributed by atoms with Crippen LogP contribution in [0.25, 0.3) is 0 Å². The summed E-state index contributed by atoms with van der Waals surface area (Å²) in [5.74, 6) is -0.782. The van der Waals surface area contributed by atoms with Crippen LogP contribution in [0, 0.1) is 23.5 Å². The summed E-state index contributed by atoms with van der Waals surface area (Å²) in [4.78, 5) is 11.9. The average molecular weight is 366 g/mol. The van der Waals surface area contributed by atoms with E-state index in [1.165, 1.54) is 70.3 Å². The molecule has 0 saturated heterocycles. The Labute approximate surface area is 156 Å². The maximum atomic E-state index is 13.1. The van der Waals surface area contributed by atoms with Crippen LogP contribution in [-0.2, 0) is 4.79 Å². The lowest BCUT2D eigenvalue weighted by Crippen LogP contribution is -2.17. The van der Waals surface area contributed by atoms with E-state index < -0.39 is 11.6 Å². The van der Waals surface area contributed by atoms with Gasteiger partial charge in [0.1, 0.15) is 5.75 Å². The normalized spacial score (nSPS) is 20.1. The van der Waals surface area contributed by atoms with E-state index in [0.717, 1.165) is 24.5 Å². The molecule has 0 unspecified atom stereocenters. The van der Waals surface area contributed by atoms with Crippen LogP contribution in [0.5, 0.6) is 5.75 Å². The van der Waals surface area contributed by atoms with Crippen molar-refractivity contribution in [2.75, 3.05) is 0 Å². The Morgan fingerprint density at radius 3 is 2.27 bits per heavy atom. The molecule has 0 radical (unpaired) electrons. The number of rotatable bonds is 10. The van der Waals surface area contributed by atoms with E-state index in [1.807, 2.05) is 0 Å². The van der Waals surface area contributed by atoms with Gasteiger partial charge in [-0.2, -0.15) is 0 Å². The molecule has 0 spiro atoms. The third-order valence-corrected chi connectivity index (χ3v) is 5.56. The first-order valence-corrected chi connectivity index (χ1v) is 10.2. The first kappa shape index (κ1) is 20.9. The SMILES string of the molecule is CCCCCCCC1CCC(CCC(=O)Oc2ccc(F)c(F)c2)CC1. The number of ether oxygens (including phenoxy) is 1. The summed E-state index contributed by atoms with van der Waals surface area (Å²) < 4.78 is 31.1. The molecular formula is C22H32F2O2. The molecule has 1 aromatic carbocycles. The lowest BCUT2D eigenvalue weighted by Gasteiger charge is -2.28. The summed E-state index contributed by atoms with van der Waals surface area (Å²) in [5, 5.41) is 0. The van der Waals surface area contributed by atoms with Gasteiger partial charge >= 0.3 is 5.97 Å². The second kappa shape index (κ2) is 11.3. The fourth-order valence-electron chi connectivity index (χ4n) is 3.89. The second-order valence-electron chi connectivity index (χ2n) is 7.68. The smallest absolute Gasteiger partial charge is 0.311 e. The Morgan fingerprint density at radius 1 is 0.962 bits per heavy atom. The van der Waals surface area contributed by atoms with Crippen molar-refractivity contribution < 1.29 is 18.3 Å². The largest absolute Gasteiger partial charge is 0.426 e. The third kappa shape index (κ3) is 7.43. The molecule has 0 aliphatic heterocycles. The summed E-state index contributed by atoms with van der Waals surface area (Å²) in [6.07, 6.45) is 14.2. The first-order chi connectivity index (χ1) is 12.6. The Balaban J connectivity index is 1.59. The average Bonchev–Trinajstić information content (AvgIpc) is 2.64. The number of carbonyl (C=O) groups is 1. The molecule has 1 saturated carbocycles. The molecule has 4 heteroatoms. The number of benzene rings is 1. The summed E-state index contributed by atoms with van der Waals surface area (Å²) >= 11 is 0. The topological polar surface area (TPSA) is 26.3 Å². The Kier molecular flexibility index (Phi) is 9.07. The van der Waals surface area contributed by atoms with Crippen LogP contribution >= 0.6 is 0 Å². The lowest BCUT2D eigenvalue weighted by atomic mass is 9.78. The molecule has 26 heavy (non-hydrogen) atoms. The van der Waals surface area contributed by atoms with Gasteiger partial charge in [-0.1, -0.05) is 71.1 Å². The molecule has 146 valence electrons. The standard InChI is InChI=1S/C22H32F2O2/c1-2-3-4-5-6-7-17-8-10-18(11-9-17)12-15-22(25)26-19-13-14-20(23)21(24)16-19/h13-14,16-18H,2-12,15H2,1H3.